The number of amides is 1. The van der Waals surface area contributed by atoms with Crippen molar-refractivity contribution in [3.8, 4) is 11.8 Å². The summed E-state index contributed by atoms with van der Waals surface area (Å²) in [5, 5.41) is 32.9. The molecule has 1 aliphatic carbocycles. The topological polar surface area (TPSA) is 177 Å². The van der Waals surface area contributed by atoms with Crippen LogP contribution in [0.5, 0.6) is 5.75 Å². The predicted molar refractivity (Wildman–Crippen MR) is 158 cm³/mol. The van der Waals surface area contributed by atoms with E-state index >= 15 is 0 Å². The third-order valence-electron chi connectivity index (χ3n) is 6.97. The van der Waals surface area contributed by atoms with E-state index in [2.05, 4.69) is 21.6 Å². The highest BCUT2D eigenvalue weighted by Crippen LogP contribution is 2.47. The molecular weight excluding hydrogens is 578 g/mol. The Bertz CT molecular complexity index is 1690. The highest BCUT2D eigenvalue weighted by Gasteiger charge is 2.41. The summed E-state index contributed by atoms with van der Waals surface area (Å²) in [5.41, 5.74) is 9.54. The number of nitrogens with zero attached hydrogens (tertiary/aromatic N) is 5. The molecular formula is C28H25N7O5S2. The van der Waals surface area contributed by atoms with E-state index in [9.17, 15) is 25.0 Å². The number of thioether (sulfide) groups is 1. The van der Waals surface area contributed by atoms with Crippen molar-refractivity contribution in [3.63, 3.8) is 0 Å². The van der Waals surface area contributed by atoms with E-state index in [1.165, 1.54) is 17.4 Å². The van der Waals surface area contributed by atoms with Gasteiger partial charge in [0.05, 0.1) is 35.3 Å². The quantitative estimate of drug-likeness (QED) is 0.205. The van der Waals surface area contributed by atoms with Crippen LogP contribution in [0.15, 0.2) is 69.5 Å². The summed E-state index contributed by atoms with van der Waals surface area (Å²) >= 11 is 2.32. The normalized spacial score (nSPS) is 16.6. The Labute approximate surface area is 249 Å². The van der Waals surface area contributed by atoms with Crippen molar-refractivity contribution >= 4 is 51.3 Å². The minimum absolute atomic E-state index is 0.0168. The van der Waals surface area contributed by atoms with Crippen LogP contribution >= 0.6 is 23.1 Å². The number of nitro groups is 1. The van der Waals surface area contributed by atoms with Gasteiger partial charge >= 0.3 is 0 Å². The monoisotopic (exact) mass is 603 g/mol. The number of aryl methyl sites for hydroxylation is 1. The van der Waals surface area contributed by atoms with Crippen molar-refractivity contribution in [2.75, 3.05) is 23.1 Å². The molecule has 12 nitrogen and oxygen atoms in total. The number of nitrogens with one attached hydrogen (secondary N) is 1. The van der Waals surface area contributed by atoms with Crippen molar-refractivity contribution in [2.24, 2.45) is 5.73 Å². The molecule has 1 atom stereocenters. The first kappa shape index (κ1) is 28.8. The Morgan fingerprint density at radius 2 is 2.05 bits per heavy atom. The van der Waals surface area contributed by atoms with Gasteiger partial charge in [0.25, 0.3) is 5.69 Å². The molecule has 0 bridgehead atoms. The van der Waals surface area contributed by atoms with Crippen LogP contribution in [-0.2, 0) is 9.59 Å². The fourth-order valence-electron chi connectivity index (χ4n) is 4.99. The molecule has 2 aromatic carbocycles. The molecule has 1 aromatic heterocycles. The lowest BCUT2D eigenvalue weighted by Crippen LogP contribution is -2.38. The Kier molecular flexibility index (Phi) is 8.23. The number of anilines is 2. The number of hydrogen-bond donors (Lipinski definition) is 2. The van der Waals surface area contributed by atoms with Crippen LogP contribution in [0.4, 0.5) is 16.5 Å². The number of hydrogen-bond acceptors (Lipinski definition) is 12. The number of Topliss-reactive ketones (excluding diaryl/α,β-unsaturated/α-hetero) is 1. The van der Waals surface area contributed by atoms with Gasteiger partial charge in [-0.05, 0) is 43.5 Å². The van der Waals surface area contributed by atoms with E-state index in [-0.39, 0.29) is 34.5 Å². The molecule has 2 heterocycles. The number of nitriles is 1. The molecule has 3 aromatic rings. The third-order valence-corrected chi connectivity index (χ3v) is 9.01. The van der Waals surface area contributed by atoms with Gasteiger partial charge in [-0.2, -0.15) is 5.26 Å². The summed E-state index contributed by atoms with van der Waals surface area (Å²) in [7, 11) is 1.57. The number of methoxy groups -OCH3 is 1. The first-order valence-electron chi connectivity index (χ1n) is 12.8. The van der Waals surface area contributed by atoms with Crippen LogP contribution in [0.3, 0.4) is 0 Å². The Balaban J connectivity index is 1.38. The zero-order chi connectivity index (χ0) is 30.0. The maximum Gasteiger partial charge on any atom is 0.274 e. The largest absolute Gasteiger partial charge is 0.497 e. The van der Waals surface area contributed by atoms with Gasteiger partial charge in [-0.25, -0.2) is 0 Å². The van der Waals surface area contributed by atoms with E-state index in [0.29, 0.717) is 57.0 Å². The number of allylic oxidation sites excluding steroid dienone is 3. The smallest absolute Gasteiger partial charge is 0.274 e. The SMILES string of the molecule is COc1ccc(C2C(C#N)=C(N)N(c3nnc(SCC(=O)Nc4ccc(C)c([N+](=O)[O-])c4)s3)C3=C2C(=O)CCC3)cc1. The van der Waals surface area contributed by atoms with Crippen molar-refractivity contribution in [1.29, 1.82) is 5.26 Å². The van der Waals surface area contributed by atoms with Gasteiger partial charge in [0.1, 0.15) is 11.6 Å². The maximum atomic E-state index is 13.3. The van der Waals surface area contributed by atoms with Crippen LogP contribution in [0.25, 0.3) is 0 Å². The molecule has 214 valence electrons. The summed E-state index contributed by atoms with van der Waals surface area (Å²) < 4.78 is 5.74. The molecule has 3 N–H and O–H groups in total. The Morgan fingerprint density at radius 3 is 2.74 bits per heavy atom. The standard InChI is InChI=1S/C28H25N7O5S2/c1-15-6-9-17(12-21(15)35(38)39)31-23(37)14-41-28-33-32-27(42-28)34-20-4-3-5-22(36)25(20)24(19(13-29)26(34)30)16-7-10-18(40-2)11-8-16/h6-12,24H,3-5,14,30H2,1-2H3,(H,31,37). The number of ketones is 1. The number of nitrogens with two attached hydrogens (primary N) is 1. The van der Waals surface area contributed by atoms with Crippen molar-refractivity contribution in [3.05, 3.63) is 86.4 Å². The minimum atomic E-state index is -0.608. The zero-order valence-electron chi connectivity index (χ0n) is 22.6. The molecule has 0 radical (unpaired) electrons. The van der Waals surface area contributed by atoms with E-state index in [0.717, 1.165) is 17.3 Å². The van der Waals surface area contributed by atoms with Gasteiger partial charge in [0.2, 0.25) is 11.0 Å². The number of nitro benzene ring substituents is 1. The average molecular weight is 604 g/mol. The molecule has 1 aliphatic heterocycles. The molecule has 14 heteroatoms. The van der Waals surface area contributed by atoms with Gasteiger partial charge in [-0.15, -0.1) is 10.2 Å². The summed E-state index contributed by atoms with van der Waals surface area (Å²) in [6, 6.07) is 13.9. The second-order valence-corrected chi connectivity index (χ2v) is 11.7. The molecule has 2 aliphatic rings. The lowest BCUT2D eigenvalue weighted by Gasteiger charge is -2.38. The first-order chi connectivity index (χ1) is 20.2. The Hall–Kier alpha value is -4.74. The fraction of sp³-hybridized carbons (Fsp3) is 0.250. The maximum absolute atomic E-state index is 13.3. The highest BCUT2D eigenvalue weighted by atomic mass is 32.2. The molecule has 42 heavy (non-hydrogen) atoms. The van der Waals surface area contributed by atoms with E-state index in [1.54, 1.807) is 43.2 Å². The van der Waals surface area contributed by atoms with Gasteiger partial charge in [0, 0.05) is 35.0 Å². The molecule has 0 spiro atoms. The molecule has 5 rings (SSSR count). The average Bonchev–Trinajstić information content (AvgIpc) is 3.45. The summed E-state index contributed by atoms with van der Waals surface area (Å²) in [4.78, 5) is 38.2. The summed E-state index contributed by atoms with van der Waals surface area (Å²) in [6.45, 7) is 1.62. The van der Waals surface area contributed by atoms with Crippen LogP contribution in [0, 0.1) is 28.4 Å². The number of carbonyl (C=O) groups excluding carboxylic acids is 2. The van der Waals surface area contributed by atoms with E-state index in [4.69, 9.17) is 10.5 Å². The van der Waals surface area contributed by atoms with Gasteiger partial charge < -0.3 is 15.8 Å². The van der Waals surface area contributed by atoms with E-state index in [1.807, 2.05) is 12.1 Å². The first-order valence-corrected chi connectivity index (χ1v) is 14.6. The lowest BCUT2D eigenvalue weighted by molar-refractivity contribution is -0.385. The zero-order valence-corrected chi connectivity index (χ0v) is 24.3. The van der Waals surface area contributed by atoms with Gasteiger partial charge in [-0.3, -0.25) is 24.6 Å². The van der Waals surface area contributed by atoms with Gasteiger partial charge in [0.15, 0.2) is 10.1 Å². The van der Waals surface area contributed by atoms with Crippen LogP contribution in [-0.4, -0.2) is 39.7 Å². The predicted octanol–water partition coefficient (Wildman–Crippen LogP) is 4.80. The Morgan fingerprint density at radius 1 is 1.29 bits per heavy atom. The van der Waals surface area contributed by atoms with Crippen LogP contribution < -0.4 is 20.7 Å². The molecule has 1 amide bonds. The third kappa shape index (κ3) is 5.56. The minimum Gasteiger partial charge on any atom is -0.497 e. The van der Waals surface area contributed by atoms with Crippen molar-refractivity contribution < 1.29 is 19.2 Å². The summed E-state index contributed by atoms with van der Waals surface area (Å²) in [5.74, 6) is -0.208. The molecule has 0 saturated carbocycles. The molecule has 0 saturated heterocycles. The highest BCUT2D eigenvalue weighted by molar-refractivity contribution is 8.01. The van der Waals surface area contributed by atoms with E-state index < -0.39 is 10.8 Å². The second kappa shape index (κ2) is 12.0. The number of benzene rings is 2. The number of ether oxygens (including phenoxy) is 1. The lowest BCUT2D eigenvalue weighted by atomic mass is 9.76. The van der Waals surface area contributed by atoms with Crippen molar-refractivity contribution in [1.82, 2.24) is 10.2 Å². The second-order valence-electron chi connectivity index (χ2n) is 9.54. The fourth-order valence-corrected chi connectivity index (χ4v) is 6.67. The van der Waals surface area contributed by atoms with Crippen molar-refractivity contribution in [2.45, 2.75) is 36.4 Å². The molecule has 1 unspecified atom stereocenters. The number of aromatic nitrogens is 2. The summed E-state index contributed by atoms with van der Waals surface area (Å²) in [6.07, 6.45) is 1.57. The number of carbonyl (C=O) groups is 2. The van der Waals surface area contributed by atoms with Crippen LogP contribution in [0.1, 0.15) is 36.3 Å². The molecule has 0 fully saturated rings. The van der Waals surface area contributed by atoms with Gasteiger partial charge in [-0.1, -0.05) is 41.3 Å². The van der Waals surface area contributed by atoms with Crippen LogP contribution in [0.2, 0.25) is 0 Å². The number of rotatable bonds is 8.